The normalized spacial score (nSPS) is 11.7. The van der Waals surface area contributed by atoms with E-state index >= 15 is 0 Å². The lowest BCUT2D eigenvalue weighted by molar-refractivity contribution is 0.249. The largest absolute Gasteiger partial charge is 0.331 e. The molecule has 0 spiro atoms. The maximum Gasteiger partial charge on any atom is 0.319 e. The summed E-state index contributed by atoms with van der Waals surface area (Å²) in [4.78, 5) is 11.8. The van der Waals surface area contributed by atoms with E-state index in [1.165, 1.54) is 5.56 Å². The molecule has 0 radical (unpaired) electrons. The Morgan fingerprint density at radius 2 is 1.63 bits per heavy atom. The van der Waals surface area contributed by atoms with Crippen molar-refractivity contribution in [3.8, 4) is 0 Å². The Kier molecular flexibility index (Phi) is 4.18. The van der Waals surface area contributed by atoms with Gasteiger partial charge in [0.2, 0.25) is 0 Å². The number of carbonyl (C=O) groups excluding carboxylic acids is 1. The second-order valence-corrected chi connectivity index (χ2v) is 4.60. The highest BCUT2D eigenvalue weighted by Gasteiger charge is 2.08. The summed E-state index contributed by atoms with van der Waals surface area (Å²) in [6, 6.07) is 17.3. The first-order chi connectivity index (χ1) is 9.15. The van der Waals surface area contributed by atoms with E-state index in [2.05, 4.69) is 10.6 Å². The number of anilines is 1. The van der Waals surface area contributed by atoms with Crippen LogP contribution in [0.25, 0.3) is 0 Å². The molecule has 0 aromatic heterocycles. The first-order valence-electron chi connectivity index (χ1n) is 6.34. The highest BCUT2D eigenvalue weighted by molar-refractivity contribution is 5.89. The van der Waals surface area contributed by atoms with Crippen LogP contribution in [0.5, 0.6) is 0 Å². The van der Waals surface area contributed by atoms with E-state index in [9.17, 15) is 4.79 Å². The van der Waals surface area contributed by atoms with Crippen LogP contribution in [0.2, 0.25) is 0 Å². The summed E-state index contributed by atoms with van der Waals surface area (Å²) in [7, 11) is 0. The molecule has 2 aromatic carbocycles. The SMILES string of the molecule is Cc1ccc([C@H](C)NC(=O)Nc2ccccc2)cc1. The molecule has 3 nitrogen and oxygen atoms in total. The van der Waals surface area contributed by atoms with Gasteiger partial charge in [0, 0.05) is 5.69 Å². The average molecular weight is 254 g/mol. The summed E-state index contributed by atoms with van der Waals surface area (Å²) < 4.78 is 0. The van der Waals surface area contributed by atoms with Gasteiger partial charge in [0.1, 0.15) is 0 Å². The van der Waals surface area contributed by atoms with Gasteiger partial charge in [-0.1, -0.05) is 48.0 Å². The van der Waals surface area contributed by atoms with Gasteiger partial charge in [0.25, 0.3) is 0 Å². The fraction of sp³-hybridized carbons (Fsp3) is 0.188. The second kappa shape index (κ2) is 6.05. The van der Waals surface area contributed by atoms with Crippen LogP contribution in [0, 0.1) is 6.92 Å². The lowest BCUT2D eigenvalue weighted by Gasteiger charge is -2.15. The first-order valence-corrected chi connectivity index (χ1v) is 6.34. The van der Waals surface area contributed by atoms with Crippen molar-refractivity contribution in [2.45, 2.75) is 19.9 Å². The van der Waals surface area contributed by atoms with E-state index in [0.717, 1.165) is 11.3 Å². The molecule has 98 valence electrons. The number of para-hydroxylation sites is 1. The summed E-state index contributed by atoms with van der Waals surface area (Å²) in [5.74, 6) is 0. The van der Waals surface area contributed by atoms with Crippen molar-refractivity contribution in [3.05, 3.63) is 65.7 Å². The molecule has 2 rings (SSSR count). The standard InChI is InChI=1S/C16H18N2O/c1-12-8-10-14(11-9-12)13(2)17-16(19)18-15-6-4-3-5-7-15/h3-11,13H,1-2H3,(H2,17,18,19)/t13-/m0/s1. The lowest BCUT2D eigenvalue weighted by atomic mass is 10.1. The van der Waals surface area contributed by atoms with Gasteiger partial charge in [-0.25, -0.2) is 4.79 Å². The van der Waals surface area contributed by atoms with Crippen LogP contribution in [0.3, 0.4) is 0 Å². The third kappa shape index (κ3) is 3.85. The summed E-state index contributed by atoms with van der Waals surface area (Å²) in [5, 5.41) is 5.72. The Labute approximate surface area is 113 Å². The van der Waals surface area contributed by atoms with Crippen LogP contribution in [0.15, 0.2) is 54.6 Å². The van der Waals surface area contributed by atoms with Crippen molar-refractivity contribution in [2.75, 3.05) is 5.32 Å². The van der Waals surface area contributed by atoms with Crippen LogP contribution >= 0.6 is 0 Å². The molecule has 0 saturated carbocycles. The summed E-state index contributed by atoms with van der Waals surface area (Å²) in [6.07, 6.45) is 0. The summed E-state index contributed by atoms with van der Waals surface area (Å²) in [6.45, 7) is 4.01. The summed E-state index contributed by atoms with van der Waals surface area (Å²) in [5.41, 5.74) is 3.09. The summed E-state index contributed by atoms with van der Waals surface area (Å²) >= 11 is 0. The van der Waals surface area contributed by atoms with Crippen molar-refractivity contribution in [1.82, 2.24) is 5.32 Å². The molecule has 2 amide bonds. The molecule has 0 bridgehead atoms. The number of benzene rings is 2. The van der Waals surface area contributed by atoms with Gasteiger partial charge in [0.15, 0.2) is 0 Å². The smallest absolute Gasteiger partial charge is 0.319 e. The zero-order valence-corrected chi connectivity index (χ0v) is 11.2. The third-order valence-electron chi connectivity index (χ3n) is 2.96. The monoisotopic (exact) mass is 254 g/mol. The van der Waals surface area contributed by atoms with E-state index in [0.29, 0.717) is 0 Å². The molecular formula is C16H18N2O. The Morgan fingerprint density at radius 1 is 1.00 bits per heavy atom. The maximum absolute atomic E-state index is 11.8. The number of carbonyl (C=O) groups is 1. The molecule has 0 unspecified atom stereocenters. The minimum atomic E-state index is -0.195. The molecule has 2 N–H and O–H groups in total. The fourth-order valence-electron chi connectivity index (χ4n) is 1.82. The van der Waals surface area contributed by atoms with Gasteiger partial charge in [-0.3, -0.25) is 0 Å². The average Bonchev–Trinajstić information content (AvgIpc) is 2.40. The molecule has 19 heavy (non-hydrogen) atoms. The predicted molar refractivity (Wildman–Crippen MR) is 78.2 cm³/mol. The quantitative estimate of drug-likeness (QED) is 0.857. The molecule has 0 heterocycles. The van der Waals surface area contributed by atoms with Gasteiger partial charge >= 0.3 is 6.03 Å². The Hall–Kier alpha value is -2.29. The molecule has 3 heteroatoms. The topological polar surface area (TPSA) is 41.1 Å². The van der Waals surface area contributed by atoms with Gasteiger partial charge in [-0.2, -0.15) is 0 Å². The van der Waals surface area contributed by atoms with Crippen LogP contribution in [-0.2, 0) is 0 Å². The Bertz CT molecular complexity index is 534. The molecule has 0 aliphatic carbocycles. The van der Waals surface area contributed by atoms with Crippen molar-refractivity contribution in [1.29, 1.82) is 0 Å². The fourth-order valence-corrected chi connectivity index (χ4v) is 1.82. The Balaban J connectivity index is 1.93. The minimum Gasteiger partial charge on any atom is -0.331 e. The number of amides is 2. The minimum absolute atomic E-state index is 0.0238. The maximum atomic E-state index is 11.8. The van der Waals surface area contributed by atoms with E-state index in [1.54, 1.807) is 0 Å². The van der Waals surface area contributed by atoms with Crippen LogP contribution in [0.4, 0.5) is 10.5 Å². The highest BCUT2D eigenvalue weighted by Crippen LogP contribution is 2.13. The molecule has 0 fully saturated rings. The molecule has 0 saturated heterocycles. The van der Waals surface area contributed by atoms with E-state index in [4.69, 9.17) is 0 Å². The van der Waals surface area contributed by atoms with Crippen molar-refractivity contribution >= 4 is 11.7 Å². The zero-order valence-electron chi connectivity index (χ0n) is 11.2. The molecule has 0 aliphatic heterocycles. The first kappa shape index (κ1) is 13.1. The van der Waals surface area contributed by atoms with Crippen LogP contribution in [-0.4, -0.2) is 6.03 Å². The molecule has 1 atom stereocenters. The lowest BCUT2D eigenvalue weighted by Crippen LogP contribution is -2.31. The third-order valence-corrected chi connectivity index (χ3v) is 2.96. The number of nitrogens with one attached hydrogen (secondary N) is 2. The Morgan fingerprint density at radius 3 is 2.26 bits per heavy atom. The molecule has 2 aromatic rings. The van der Waals surface area contributed by atoms with Gasteiger partial charge < -0.3 is 10.6 Å². The highest BCUT2D eigenvalue weighted by atomic mass is 16.2. The van der Waals surface area contributed by atoms with Crippen LogP contribution in [0.1, 0.15) is 24.1 Å². The van der Waals surface area contributed by atoms with Crippen molar-refractivity contribution in [2.24, 2.45) is 0 Å². The van der Waals surface area contributed by atoms with Gasteiger partial charge in [0.05, 0.1) is 6.04 Å². The molecular weight excluding hydrogens is 236 g/mol. The van der Waals surface area contributed by atoms with Crippen LogP contribution < -0.4 is 10.6 Å². The number of urea groups is 1. The predicted octanol–water partition coefficient (Wildman–Crippen LogP) is 3.88. The van der Waals surface area contributed by atoms with Gasteiger partial charge in [-0.15, -0.1) is 0 Å². The second-order valence-electron chi connectivity index (χ2n) is 4.60. The molecule has 0 aliphatic rings. The number of aryl methyl sites for hydroxylation is 1. The van der Waals surface area contributed by atoms with Gasteiger partial charge in [-0.05, 0) is 31.5 Å². The van der Waals surface area contributed by atoms with Crippen molar-refractivity contribution in [3.63, 3.8) is 0 Å². The van der Waals surface area contributed by atoms with E-state index in [1.807, 2.05) is 68.4 Å². The van der Waals surface area contributed by atoms with E-state index < -0.39 is 0 Å². The zero-order chi connectivity index (χ0) is 13.7. The van der Waals surface area contributed by atoms with Crippen molar-refractivity contribution < 1.29 is 4.79 Å². The van der Waals surface area contributed by atoms with E-state index in [-0.39, 0.29) is 12.1 Å². The number of rotatable bonds is 3. The number of hydrogen-bond donors (Lipinski definition) is 2. The number of hydrogen-bond acceptors (Lipinski definition) is 1.